The van der Waals surface area contributed by atoms with E-state index in [9.17, 15) is 0 Å². The van der Waals surface area contributed by atoms with E-state index in [-0.39, 0.29) is 53.3 Å². The zero-order valence-corrected chi connectivity index (χ0v) is 6.42. The fraction of sp³-hybridized carbons (Fsp3) is 0. The van der Waals surface area contributed by atoms with E-state index in [1.807, 2.05) is 0 Å². The first-order valence-corrected chi connectivity index (χ1v) is 0.651. The van der Waals surface area contributed by atoms with Crippen LogP contribution < -0.4 is 0 Å². The van der Waals surface area contributed by atoms with Crippen molar-refractivity contribution in [2.24, 2.45) is 0 Å². The van der Waals surface area contributed by atoms with Crippen LogP contribution in [0.25, 0.3) is 0 Å². The van der Waals surface area contributed by atoms with Gasteiger partial charge in [0.25, 0.3) is 0 Å². The maximum Gasteiger partial charge on any atom is 2.00 e. The molecule has 0 amide bonds. The maximum atomic E-state index is 8.56. The molecule has 8 nitrogen and oxygen atoms in total. The average molecular weight is 178 g/mol. The monoisotopic (exact) mass is 178 g/mol. The minimum atomic E-state index is -1.83. The van der Waals surface area contributed by atoms with Crippen LogP contribution in [0.2, 0.25) is 0 Å². The van der Waals surface area contributed by atoms with Gasteiger partial charge in [0.05, 0.1) is 0 Å². The smallest absolute Gasteiger partial charge is 1.00 e. The van der Waals surface area contributed by atoms with Crippen molar-refractivity contribution in [2.45, 2.75) is 0 Å². The van der Waals surface area contributed by atoms with Crippen molar-refractivity contribution in [3.05, 3.63) is 0 Å². The molecule has 10 heavy (non-hydrogen) atoms. The second-order valence-electron chi connectivity index (χ2n) is 0.283. The maximum absolute atomic E-state index is 8.56. The molecule has 0 saturated carbocycles. The molecule has 0 rings (SSSR count). The van der Waals surface area contributed by atoms with E-state index in [0.29, 0.717) is 0 Å². The molecule has 0 atom stereocenters. The Kier molecular flexibility index (Phi) is 644. The van der Waals surface area contributed by atoms with Gasteiger partial charge in [-0.1, -0.05) is 0 Å². The van der Waals surface area contributed by atoms with Crippen molar-refractivity contribution in [2.75, 3.05) is 0 Å². The van der Waals surface area contributed by atoms with Crippen LogP contribution in [0.3, 0.4) is 0 Å². The summed E-state index contributed by atoms with van der Waals surface area (Å²) in [6, 6.07) is 0. The van der Waals surface area contributed by atoms with Crippen molar-refractivity contribution in [3.63, 3.8) is 0 Å². The molecule has 0 aromatic heterocycles. The fourth-order valence-electron chi connectivity index (χ4n) is 0. The number of hydrogen-bond acceptors (Lipinski definition) is 1. The molecular formula is CH14MgO8. The van der Waals surface area contributed by atoms with E-state index in [0.717, 1.165) is 0 Å². The van der Waals surface area contributed by atoms with Crippen LogP contribution in [0.4, 0.5) is 4.79 Å². The zero-order chi connectivity index (χ0) is 3.58. The fourth-order valence-corrected chi connectivity index (χ4v) is 0. The molecule has 0 aromatic rings. The summed E-state index contributed by atoms with van der Waals surface area (Å²) in [6.45, 7) is 0. The van der Waals surface area contributed by atoms with E-state index in [2.05, 4.69) is 0 Å². The molecule has 0 radical (unpaired) electrons. The molecule has 0 saturated heterocycles. The molecule has 68 valence electrons. The van der Waals surface area contributed by atoms with Gasteiger partial charge in [-0.3, -0.25) is 0 Å². The Balaban J connectivity index is -0.00000000161. The Morgan fingerprint density at radius 3 is 0.900 bits per heavy atom. The SMILES string of the molecule is O.O.O.O.O.O=C(O)O.[H-].[H-].[Mg+2]. The van der Waals surface area contributed by atoms with Gasteiger partial charge in [0.15, 0.2) is 0 Å². The number of rotatable bonds is 0. The molecule has 9 heteroatoms. The Morgan fingerprint density at radius 2 is 0.900 bits per heavy atom. The number of hydrogen-bond donors (Lipinski definition) is 2. The molecule has 0 heterocycles. The second kappa shape index (κ2) is 67.5. The molecule has 12 N–H and O–H groups in total. The van der Waals surface area contributed by atoms with Crippen LogP contribution in [0, 0.1) is 0 Å². The van der Waals surface area contributed by atoms with Crippen LogP contribution in [0.15, 0.2) is 0 Å². The van der Waals surface area contributed by atoms with Crippen LogP contribution >= 0.6 is 0 Å². The van der Waals surface area contributed by atoms with E-state index in [4.69, 9.17) is 15.0 Å². The predicted octanol–water partition coefficient (Wildman–Crippen LogP) is -4.06. The minimum Gasteiger partial charge on any atom is -1.00 e. The first-order chi connectivity index (χ1) is 1.73. The summed E-state index contributed by atoms with van der Waals surface area (Å²) in [5, 5.41) is 13.9. The molecule has 0 aliphatic heterocycles. The van der Waals surface area contributed by atoms with E-state index in [1.165, 1.54) is 0 Å². The summed E-state index contributed by atoms with van der Waals surface area (Å²) in [5.74, 6) is 0. The van der Waals surface area contributed by atoms with Crippen molar-refractivity contribution in [1.82, 2.24) is 0 Å². The third-order valence-electron chi connectivity index (χ3n) is 0. The van der Waals surface area contributed by atoms with Crippen molar-refractivity contribution < 1.29 is 45.2 Å². The van der Waals surface area contributed by atoms with Crippen LogP contribution in [0.1, 0.15) is 2.85 Å². The van der Waals surface area contributed by atoms with Gasteiger partial charge in [-0.05, 0) is 0 Å². The molecule has 0 aliphatic carbocycles. The largest absolute Gasteiger partial charge is 2.00 e. The van der Waals surface area contributed by atoms with Crippen molar-refractivity contribution in [3.8, 4) is 0 Å². The number of carbonyl (C=O) groups is 1. The van der Waals surface area contributed by atoms with Gasteiger partial charge in [-0.25, -0.2) is 4.79 Å². The summed E-state index contributed by atoms with van der Waals surface area (Å²) in [6.07, 6.45) is -1.83. The summed E-state index contributed by atoms with van der Waals surface area (Å²) in [7, 11) is 0. The standard InChI is InChI=1S/CH2O3.Mg.5H2O.2H/c2-1(3)4;;;;;;;;/h(H2,2,3,4);;5*1H2;;/q;+2;;;;;;2*-1. The van der Waals surface area contributed by atoms with Gasteiger partial charge in [0.1, 0.15) is 0 Å². The molecular weight excluding hydrogens is 164 g/mol. The summed E-state index contributed by atoms with van der Waals surface area (Å²) >= 11 is 0. The topological polar surface area (TPSA) is 215 Å². The van der Waals surface area contributed by atoms with Gasteiger partial charge in [0.2, 0.25) is 0 Å². The van der Waals surface area contributed by atoms with Crippen LogP contribution in [-0.4, -0.2) is 66.8 Å². The molecule has 0 aromatic carbocycles. The second-order valence-corrected chi connectivity index (χ2v) is 0.283. The Hall–Kier alpha value is -0.164. The first kappa shape index (κ1) is 95.5. The molecule has 0 spiro atoms. The average Bonchev–Trinajstić information content (AvgIpc) is 0.811. The summed E-state index contributed by atoms with van der Waals surface area (Å²) in [5.41, 5.74) is 0. The van der Waals surface area contributed by atoms with Gasteiger partial charge < -0.3 is 40.4 Å². The third-order valence-corrected chi connectivity index (χ3v) is 0. The quantitative estimate of drug-likeness (QED) is 0.354. The first-order valence-electron chi connectivity index (χ1n) is 0.651. The van der Waals surface area contributed by atoms with Gasteiger partial charge >= 0.3 is 29.2 Å². The Labute approximate surface area is 75.1 Å². The molecule has 0 bridgehead atoms. The predicted molar refractivity (Wildman–Crippen MR) is 36.7 cm³/mol. The van der Waals surface area contributed by atoms with Crippen LogP contribution in [0.5, 0.6) is 0 Å². The van der Waals surface area contributed by atoms with Crippen LogP contribution in [-0.2, 0) is 0 Å². The normalized spacial score (nSPS) is 2.40. The van der Waals surface area contributed by atoms with E-state index >= 15 is 0 Å². The molecule has 0 fully saturated rings. The third kappa shape index (κ3) is 13700. The van der Waals surface area contributed by atoms with Gasteiger partial charge in [-0.15, -0.1) is 0 Å². The van der Waals surface area contributed by atoms with E-state index < -0.39 is 6.16 Å². The summed E-state index contributed by atoms with van der Waals surface area (Å²) < 4.78 is 0. The van der Waals surface area contributed by atoms with Gasteiger partial charge in [0, 0.05) is 0 Å². The number of carboxylic acid groups (broad SMARTS) is 2. The van der Waals surface area contributed by atoms with Crippen molar-refractivity contribution >= 4 is 29.2 Å². The zero-order valence-electron chi connectivity index (χ0n) is 7.01. The minimum absolute atomic E-state index is 0. The molecule has 0 aliphatic rings. The Bertz CT molecular complexity index is 40.0. The summed E-state index contributed by atoms with van der Waals surface area (Å²) in [4.78, 5) is 8.56. The van der Waals surface area contributed by atoms with Gasteiger partial charge in [-0.2, -0.15) is 0 Å². The van der Waals surface area contributed by atoms with E-state index in [1.54, 1.807) is 0 Å². The Morgan fingerprint density at radius 1 is 0.900 bits per heavy atom. The van der Waals surface area contributed by atoms with Crippen molar-refractivity contribution in [1.29, 1.82) is 0 Å². The molecule has 0 unspecified atom stereocenters.